The summed E-state index contributed by atoms with van der Waals surface area (Å²) in [6, 6.07) is 0.357. The van der Waals surface area contributed by atoms with Crippen molar-refractivity contribution in [2.24, 2.45) is 10.9 Å². The van der Waals surface area contributed by atoms with E-state index in [0.29, 0.717) is 25.6 Å². The second-order valence-corrected chi connectivity index (χ2v) is 3.61. The number of nitrogens with zero attached hydrogens (tertiary/aromatic N) is 2. The zero-order chi connectivity index (χ0) is 11.4. The summed E-state index contributed by atoms with van der Waals surface area (Å²) < 4.78 is 5.17. The molecule has 1 rings (SSSR count). The van der Waals surface area contributed by atoms with Gasteiger partial charge in [0.15, 0.2) is 0 Å². The van der Waals surface area contributed by atoms with Crippen molar-refractivity contribution in [3.05, 3.63) is 0 Å². The van der Waals surface area contributed by atoms with Crippen LogP contribution in [0, 0.1) is 5.92 Å². The van der Waals surface area contributed by atoms with Crippen molar-refractivity contribution in [3.63, 3.8) is 0 Å². The van der Waals surface area contributed by atoms with E-state index in [1.165, 1.54) is 4.90 Å². The monoisotopic (exact) mass is 214 g/mol. The van der Waals surface area contributed by atoms with Crippen LogP contribution >= 0.6 is 0 Å². The summed E-state index contributed by atoms with van der Waals surface area (Å²) >= 11 is 0. The molecular weight excluding hydrogens is 196 g/mol. The number of amidine groups is 1. The van der Waals surface area contributed by atoms with Crippen molar-refractivity contribution in [1.82, 2.24) is 4.90 Å². The van der Waals surface area contributed by atoms with Crippen molar-refractivity contribution in [2.75, 3.05) is 20.2 Å². The maximum atomic E-state index is 11.9. The van der Waals surface area contributed by atoms with Crippen LogP contribution < -0.4 is 0 Å². The fourth-order valence-electron chi connectivity index (χ4n) is 1.56. The molecule has 1 heterocycles. The van der Waals surface area contributed by atoms with Crippen LogP contribution in [0.5, 0.6) is 0 Å². The van der Waals surface area contributed by atoms with E-state index in [9.17, 15) is 9.90 Å². The third-order valence-corrected chi connectivity index (χ3v) is 2.62. The number of hydrogen-bond donors (Lipinski definition) is 1. The first kappa shape index (κ1) is 12.0. The normalized spacial score (nSPS) is 22.7. The summed E-state index contributed by atoms with van der Waals surface area (Å²) in [6.07, 6.45) is -0.0311. The largest absolute Gasteiger partial charge is 0.463 e. The summed E-state index contributed by atoms with van der Waals surface area (Å²) in [5.74, 6) is -0.532. The van der Waals surface area contributed by atoms with E-state index >= 15 is 0 Å². The zero-order valence-corrected chi connectivity index (χ0v) is 9.43. The highest BCUT2D eigenvalue weighted by Crippen LogP contribution is 2.14. The average molecular weight is 214 g/mol. The average Bonchev–Trinajstić information content (AvgIpc) is 2.73. The van der Waals surface area contributed by atoms with Gasteiger partial charge in [0.1, 0.15) is 6.61 Å². The number of carbonyl (C=O) groups excluding carboxylic acids is 1. The van der Waals surface area contributed by atoms with E-state index in [1.807, 2.05) is 6.92 Å². The molecule has 86 valence electrons. The smallest absolute Gasteiger partial charge is 0.294 e. The van der Waals surface area contributed by atoms with Crippen LogP contribution in [0.25, 0.3) is 0 Å². The maximum absolute atomic E-state index is 11.9. The van der Waals surface area contributed by atoms with Gasteiger partial charge in [-0.1, -0.05) is 13.8 Å². The topological polar surface area (TPSA) is 62.1 Å². The molecule has 0 unspecified atom stereocenters. The highest BCUT2D eigenvalue weighted by molar-refractivity contribution is 5.96. The van der Waals surface area contributed by atoms with Crippen molar-refractivity contribution >= 4 is 11.9 Å². The molecule has 0 aromatic carbocycles. The van der Waals surface area contributed by atoms with Gasteiger partial charge < -0.3 is 9.84 Å². The predicted octanol–water partition coefficient (Wildman–Crippen LogP) is 0.238. The Morgan fingerprint density at radius 2 is 2.40 bits per heavy atom. The minimum atomic E-state index is -0.601. The van der Waals surface area contributed by atoms with Gasteiger partial charge in [0.2, 0.25) is 5.91 Å². The van der Waals surface area contributed by atoms with E-state index < -0.39 is 12.0 Å². The lowest BCUT2D eigenvalue weighted by Crippen LogP contribution is -2.40. The van der Waals surface area contributed by atoms with Crippen molar-refractivity contribution < 1.29 is 14.6 Å². The van der Waals surface area contributed by atoms with E-state index in [2.05, 4.69) is 4.99 Å². The molecule has 0 aliphatic carbocycles. The molecule has 0 aromatic rings. The minimum Gasteiger partial charge on any atom is -0.463 e. The van der Waals surface area contributed by atoms with Gasteiger partial charge in [-0.2, -0.15) is 0 Å². The number of amides is 1. The number of aliphatic hydroxyl groups excluding tert-OH is 1. The molecule has 1 fully saturated rings. The van der Waals surface area contributed by atoms with Crippen LogP contribution in [0.1, 0.15) is 20.3 Å². The molecule has 5 heteroatoms. The summed E-state index contributed by atoms with van der Waals surface area (Å²) in [5, 5.41) is 9.59. The predicted molar refractivity (Wildman–Crippen MR) is 56.5 cm³/mol. The molecule has 1 amide bonds. The standard InChI is InChI=1S/C10H18N2O3/c1-4-8(13)7(2)9(14)12-5-6-15-10(12)11-3/h7-8,13H,4-6H2,1-3H3/t7-,8+/m0/s1. The van der Waals surface area contributed by atoms with Gasteiger partial charge in [0.25, 0.3) is 6.02 Å². The zero-order valence-electron chi connectivity index (χ0n) is 9.43. The molecule has 0 saturated carbocycles. The number of hydrogen-bond acceptors (Lipinski definition) is 4. The van der Waals surface area contributed by atoms with Crippen LogP contribution in [0.3, 0.4) is 0 Å². The Balaban J connectivity index is 2.67. The quantitative estimate of drug-likeness (QED) is 0.732. The van der Waals surface area contributed by atoms with Gasteiger partial charge >= 0.3 is 0 Å². The molecule has 15 heavy (non-hydrogen) atoms. The van der Waals surface area contributed by atoms with Gasteiger partial charge in [-0.15, -0.1) is 0 Å². The molecule has 0 radical (unpaired) electrons. The SMILES string of the molecule is CC[C@@H](O)[C@H](C)C(=O)N1CCOC1=NC. The Morgan fingerprint density at radius 3 is 2.93 bits per heavy atom. The second kappa shape index (κ2) is 5.11. The Kier molecular flexibility index (Phi) is 4.08. The third-order valence-electron chi connectivity index (χ3n) is 2.62. The fourth-order valence-corrected chi connectivity index (χ4v) is 1.56. The first-order chi connectivity index (χ1) is 7.11. The Bertz CT molecular complexity index is 265. The molecule has 2 atom stereocenters. The number of aliphatic hydroxyl groups is 1. The maximum Gasteiger partial charge on any atom is 0.294 e. The number of carbonyl (C=O) groups is 1. The van der Waals surface area contributed by atoms with Gasteiger partial charge in [0.05, 0.1) is 18.6 Å². The van der Waals surface area contributed by atoms with Gasteiger partial charge in [-0.25, -0.2) is 4.99 Å². The Morgan fingerprint density at radius 1 is 1.73 bits per heavy atom. The molecule has 1 saturated heterocycles. The van der Waals surface area contributed by atoms with E-state index in [4.69, 9.17) is 4.74 Å². The third kappa shape index (κ3) is 2.47. The number of ether oxygens (including phenoxy) is 1. The summed E-state index contributed by atoms with van der Waals surface area (Å²) in [7, 11) is 1.59. The van der Waals surface area contributed by atoms with Crippen LogP contribution in [0.15, 0.2) is 4.99 Å². The van der Waals surface area contributed by atoms with E-state index in [0.717, 1.165) is 0 Å². The van der Waals surface area contributed by atoms with Gasteiger partial charge in [0, 0.05) is 7.05 Å². The van der Waals surface area contributed by atoms with Crippen LogP contribution in [-0.2, 0) is 9.53 Å². The van der Waals surface area contributed by atoms with E-state index in [-0.39, 0.29) is 5.91 Å². The Hall–Kier alpha value is -1.10. The molecule has 1 N–H and O–H groups in total. The lowest BCUT2D eigenvalue weighted by atomic mass is 10.0. The van der Waals surface area contributed by atoms with Crippen LogP contribution in [0.2, 0.25) is 0 Å². The molecule has 1 aliphatic rings. The minimum absolute atomic E-state index is 0.123. The molecule has 0 bridgehead atoms. The van der Waals surface area contributed by atoms with Gasteiger partial charge in [-0.05, 0) is 6.42 Å². The van der Waals surface area contributed by atoms with Crippen molar-refractivity contribution in [3.8, 4) is 0 Å². The number of aliphatic imine (C=N–C) groups is 1. The highest BCUT2D eigenvalue weighted by atomic mass is 16.5. The van der Waals surface area contributed by atoms with Crippen molar-refractivity contribution in [2.45, 2.75) is 26.4 Å². The van der Waals surface area contributed by atoms with Gasteiger partial charge in [-0.3, -0.25) is 9.69 Å². The summed E-state index contributed by atoms with van der Waals surface area (Å²) in [6.45, 7) is 4.57. The number of rotatable bonds is 3. The molecule has 0 aromatic heterocycles. The first-order valence-electron chi connectivity index (χ1n) is 5.20. The Labute approximate surface area is 89.7 Å². The molecular formula is C10H18N2O3. The second-order valence-electron chi connectivity index (χ2n) is 3.61. The van der Waals surface area contributed by atoms with E-state index in [1.54, 1.807) is 14.0 Å². The molecule has 1 aliphatic heterocycles. The van der Waals surface area contributed by atoms with Crippen LogP contribution in [-0.4, -0.2) is 48.2 Å². The van der Waals surface area contributed by atoms with Crippen LogP contribution in [0.4, 0.5) is 0 Å². The highest BCUT2D eigenvalue weighted by Gasteiger charge is 2.32. The lowest BCUT2D eigenvalue weighted by Gasteiger charge is -2.21. The first-order valence-corrected chi connectivity index (χ1v) is 5.20. The summed E-state index contributed by atoms with van der Waals surface area (Å²) in [5.41, 5.74) is 0. The fraction of sp³-hybridized carbons (Fsp3) is 0.800. The lowest BCUT2D eigenvalue weighted by molar-refractivity contribution is -0.134. The molecule has 0 spiro atoms. The molecule has 5 nitrogen and oxygen atoms in total. The summed E-state index contributed by atoms with van der Waals surface area (Å²) in [4.78, 5) is 17.3. The van der Waals surface area contributed by atoms with Crippen molar-refractivity contribution in [1.29, 1.82) is 0 Å².